The van der Waals surface area contributed by atoms with Crippen LogP contribution in [-0.4, -0.2) is 11.7 Å². The van der Waals surface area contributed by atoms with Gasteiger partial charge in [-0.25, -0.2) is 0 Å². The van der Waals surface area contributed by atoms with Gasteiger partial charge in [-0.05, 0) is 18.1 Å². The molecule has 0 saturated carbocycles. The predicted octanol–water partition coefficient (Wildman–Crippen LogP) is 1.97. The maximum atomic E-state index is 9.20. The minimum absolute atomic E-state index is 0.198. The van der Waals surface area contributed by atoms with Crippen LogP contribution >= 0.6 is 0 Å². The van der Waals surface area contributed by atoms with E-state index in [9.17, 15) is 5.11 Å². The topological polar surface area (TPSA) is 29.5 Å². The van der Waals surface area contributed by atoms with Crippen molar-refractivity contribution in [2.24, 2.45) is 0 Å². The van der Waals surface area contributed by atoms with Crippen LogP contribution in [0.25, 0.3) is 0 Å². The lowest BCUT2D eigenvalue weighted by Gasteiger charge is -2.07. The monoisotopic (exact) mass is 176 g/mol. The first kappa shape index (κ1) is 9.47. The molecule has 2 nitrogen and oxygen atoms in total. The van der Waals surface area contributed by atoms with E-state index < -0.39 is 0 Å². The summed E-state index contributed by atoms with van der Waals surface area (Å²) >= 11 is 0. The highest BCUT2D eigenvalue weighted by atomic mass is 16.5. The quantitative estimate of drug-likeness (QED) is 0.713. The third kappa shape index (κ3) is 2.41. The summed E-state index contributed by atoms with van der Waals surface area (Å²) in [5.41, 5.74) is 1.05. The Morgan fingerprint density at radius 3 is 2.92 bits per heavy atom. The van der Waals surface area contributed by atoms with Gasteiger partial charge in [-0.15, -0.1) is 6.42 Å². The molecule has 0 unspecified atom stereocenters. The molecule has 0 aliphatic carbocycles. The van der Waals surface area contributed by atoms with Crippen molar-refractivity contribution in [2.45, 2.75) is 13.3 Å². The SMILES string of the molecule is C#CCOc1cc(O)ccc1CC. The molecule has 1 rings (SSSR count). The number of ether oxygens (including phenoxy) is 1. The van der Waals surface area contributed by atoms with Crippen LogP contribution in [0, 0.1) is 12.3 Å². The van der Waals surface area contributed by atoms with Crippen LogP contribution in [0.3, 0.4) is 0 Å². The summed E-state index contributed by atoms with van der Waals surface area (Å²) in [5.74, 6) is 3.25. The predicted molar refractivity (Wildman–Crippen MR) is 51.8 cm³/mol. The second kappa shape index (κ2) is 4.42. The highest BCUT2D eigenvalue weighted by molar-refractivity contribution is 5.40. The smallest absolute Gasteiger partial charge is 0.148 e. The normalized spacial score (nSPS) is 9.23. The zero-order valence-corrected chi connectivity index (χ0v) is 7.58. The Morgan fingerprint density at radius 1 is 1.54 bits per heavy atom. The van der Waals surface area contributed by atoms with E-state index in [0.29, 0.717) is 5.75 Å². The van der Waals surface area contributed by atoms with Gasteiger partial charge >= 0.3 is 0 Å². The van der Waals surface area contributed by atoms with Gasteiger partial charge < -0.3 is 9.84 Å². The Morgan fingerprint density at radius 2 is 2.31 bits per heavy atom. The summed E-state index contributed by atoms with van der Waals surface area (Å²) in [6.45, 7) is 2.26. The molecule has 0 amide bonds. The summed E-state index contributed by atoms with van der Waals surface area (Å²) in [6.07, 6.45) is 5.93. The summed E-state index contributed by atoms with van der Waals surface area (Å²) in [4.78, 5) is 0. The van der Waals surface area contributed by atoms with Crippen molar-refractivity contribution in [3.05, 3.63) is 23.8 Å². The maximum absolute atomic E-state index is 9.20. The first-order valence-corrected chi connectivity index (χ1v) is 4.16. The van der Waals surface area contributed by atoms with Crippen LogP contribution in [0.4, 0.5) is 0 Å². The Labute approximate surface area is 78.2 Å². The first-order chi connectivity index (χ1) is 6.27. The largest absolute Gasteiger partial charge is 0.508 e. The molecule has 68 valence electrons. The van der Waals surface area contributed by atoms with Gasteiger partial charge in [0, 0.05) is 6.07 Å². The van der Waals surface area contributed by atoms with Gasteiger partial charge in [0.2, 0.25) is 0 Å². The average molecular weight is 176 g/mol. The van der Waals surface area contributed by atoms with Gasteiger partial charge in [-0.2, -0.15) is 0 Å². The molecule has 0 fully saturated rings. The van der Waals surface area contributed by atoms with Crippen LogP contribution < -0.4 is 4.74 Å². The highest BCUT2D eigenvalue weighted by Gasteiger charge is 2.01. The van der Waals surface area contributed by atoms with E-state index in [0.717, 1.165) is 12.0 Å². The molecule has 0 atom stereocenters. The summed E-state index contributed by atoms with van der Waals surface area (Å²) in [7, 11) is 0. The van der Waals surface area contributed by atoms with Crippen molar-refractivity contribution < 1.29 is 9.84 Å². The molecule has 0 saturated heterocycles. The second-order valence-corrected chi connectivity index (χ2v) is 2.64. The molecule has 0 bridgehead atoms. The third-order valence-electron chi connectivity index (χ3n) is 1.74. The summed E-state index contributed by atoms with van der Waals surface area (Å²) in [5, 5.41) is 9.20. The van der Waals surface area contributed by atoms with Crippen molar-refractivity contribution >= 4 is 0 Å². The number of terminal acetylenes is 1. The number of hydrogen-bond acceptors (Lipinski definition) is 2. The second-order valence-electron chi connectivity index (χ2n) is 2.64. The first-order valence-electron chi connectivity index (χ1n) is 4.16. The molecule has 0 heterocycles. The van der Waals surface area contributed by atoms with Gasteiger partial charge in [-0.1, -0.05) is 18.9 Å². The molecular weight excluding hydrogens is 164 g/mol. The minimum Gasteiger partial charge on any atom is -0.508 e. The van der Waals surface area contributed by atoms with Crippen LogP contribution in [0.5, 0.6) is 11.5 Å². The van der Waals surface area contributed by atoms with E-state index in [1.54, 1.807) is 12.1 Å². The van der Waals surface area contributed by atoms with Gasteiger partial charge in [0.15, 0.2) is 0 Å². The third-order valence-corrected chi connectivity index (χ3v) is 1.74. The maximum Gasteiger partial charge on any atom is 0.148 e. The Kier molecular flexibility index (Phi) is 3.22. The van der Waals surface area contributed by atoms with Crippen LogP contribution in [0.2, 0.25) is 0 Å². The number of aromatic hydroxyl groups is 1. The molecule has 0 radical (unpaired) electrons. The van der Waals surface area contributed by atoms with E-state index in [2.05, 4.69) is 5.92 Å². The fourth-order valence-corrected chi connectivity index (χ4v) is 1.09. The highest BCUT2D eigenvalue weighted by Crippen LogP contribution is 2.24. The van der Waals surface area contributed by atoms with Crippen molar-refractivity contribution in [1.29, 1.82) is 0 Å². The van der Waals surface area contributed by atoms with E-state index >= 15 is 0 Å². The molecule has 0 aliphatic rings. The lowest BCUT2D eigenvalue weighted by Crippen LogP contribution is -1.96. The van der Waals surface area contributed by atoms with Crippen molar-refractivity contribution in [1.82, 2.24) is 0 Å². The van der Waals surface area contributed by atoms with Crippen molar-refractivity contribution in [3.8, 4) is 23.8 Å². The fourth-order valence-electron chi connectivity index (χ4n) is 1.09. The molecular formula is C11H12O2. The summed E-state index contributed by atoms with van der Waals surface area (Å²) < 4.78 is 5.26. The van der Waals surface area contributed by atoms with Crippen LogP contribution in [0.15, 0.2) is 18.2 Å². The van der Waals surface area contributed by atoms with E-state index in [1.807, 2.05) is 13.0 Å². The fraction of sp³-hybridized carbons (Fsp3) is 0.273. The van der Waals surface area contributed by atoms with Crippen molar-refractivity contribution in [3.63, 3.8) is 0 Å². The zero-order chi connectivity index (χ0) is 9.68. The average Bonchev–Trinajstić information content (AvgIpc) is 2.15. The molecule has 0 spiro atoms. The lowest BCUT2D eigenvalue weighted by molar-refractivity contribution is 0.363. The van der Waals surface area contributed by atoms with Crippen molar-refractivity contribution in [2.75, 3.05) is 6.61 Å². The zero-order valence-electron chi connectivity index (χ0n) is 7.58. The standard InChI is InChI=1S/C11H12O2/c1-3-7-13-11-8-10(12)6-5-9(11)4-2/h1,5-6,8,12H,4,7H2,2H3. The van der Waals surface area contributed by atoms with Crippen LogP contribution in [-0.2, 0) is 6.42 Å². The van der Waals surface area contributed by atoms with Gasteiger partial charge in [0.25, 0.3) is 0 Å². The number of aryl methyl sites for hydroxylation is 1. The molecule has 13 heavy (non-hydrogen) atoms. The Balaban J connectivity index is 2.89. The lowest BCUT2D eigenvalue weighted by atomic mass is 10.1. The summed E-state index contributed by atoms with van der Waals surface area (Å²) in [6, 6.07) is 5.05. The molecule has 2 heteroatoms. The van der Waals surface area contributed by atoms with E-state index in [4.69, 9.17) is 11.2 Å². The molecule has 1 aromatic carbocycles. The van der Waals surface area contributed by atoms with Gasteiger partial charge in [-0.3, -0.25) is 0 Å². The number of hydrogen-bond donors (Lipinski definition) is 1. The van der Waals surface area contributed by atoms with E-state index in [-0.39, 0.29) is 12.4 Å². The van der Waals surface area contributed by atoms with Gasteiger partial charge in [0.05, 0.1) is 0 Å². The number of benzene rings is 1. The molecule has 1 N–H and O–H groups in total. The Hall–Kier alpha value is -1.62. The number of phenolic OH excluding ortho intramolecular Hbond substituents is 1. The molecule has 1 aromatic rings. The number of phenols is 1. The van der Waals surface area contributed by atoms with E-state index in [1.165, 1.54) is 0 Å². The van der Waals surface area contributed by atoms with Gasteiger partial charge in [0.1, 0.15) is 18.1 Å². The Bertz CT molecular complexity index is 323. The van der Waals surface area contributed by atoms with Crippen LogP contribution in [0.1, 0.15) is 12.5 Å². The molecule has 0 aliphatic heterocycles. The number of rotatable bonds is 3. The molecule has 0 aromatic heterocycles. The minimum atomic E-state index is 0.198.